The van der Waals surface area contributed by atoms with Crippen LogP contribution < -0.4 is 5.32 Å². The summed E-state index contributed by atoms with van der Waals surface area (Å²) >= 11 is 1.65. The lowest BCUT2D eigenvalue weighted by atomic mass is 10.0. The lowest BCUT2D eigenvalue weighted by Crippen LogP contribution is -2.04. The third kappa shape index (κ3) is 2.86. The minimum absolute atomic E-state index is 0.0600. The molecule has 0 amide bonds. The monoisotopic (exact) mass is 398 g/mol. The van der Waals surface area contributed by atoms with Crippen molar-refractivity contribution in [3.05, 3.63) is 89.2 Å². The van der Waals surface area contributed by atoms with Crippen molar-refractivity contribution in [2.45, 2.75) is 23.6 Å². The number of pyridine rings is 1. The highest BCUT2D eigenvalue weighted by atomic mass is 32.2. The number of nitrogens with one attached hydrogen (secondary N) is 1. The van der Waals surface area contributed by atoms with Gasteiger partial charge in [0, 0.05) is 33.5 Å². The van der Waals surface area contributed by atoms with Gasteiger partial charge in [0.1, 0.15) is 0 Å². The van der Waals surface area contributed by atoms with E-state index in [2.05, 4.69) is 11.4 Å². The van der Waals surface area contributed by atoms with E-state index in [0.29, 0.717) is 16.8 Å². The molecule has 2 aromatic heterocycles. The predicted octanol–water partition coefficient (Wildman–Crippen LogP) is 5.89. The smallest absolute Gasteiger partial charge is 0.195 e. The van der Waals surface area contributed by atoms with E-state index in [0.717, 1.165) is 32.4 Å². The first-order valence-electron chi connectivity index (χ1n) is 9.37. The van der Waals surface area contributed by atoms with Gasteiger partial charge < -0.3 is 9.72 Å². The Bertz CT molecular complexity index is 1320. The number of fused-ring (bicyclic) bond motifs is 3. The molecule has 142 valence electrons. The first-order chi connectivity index (χ1) is 14.0. The molecule has 1 aliphatic heterocycles. The number of Topliss-reactive ketones (excluding diaryl/α,β-unsaturated/α-hetero) is 1. The summed E-state index contributed by atoms with van der Waals surface area (Å²) in [7, 11) is 0. The Labute approximate surface area is 172 Å². The van der Waals surface area contributed by atoms with E-state index in [4.69, 9.17) is 0 Å². The quantitative estimate of drug-likeness (QED) is 0.385. The van der Waals surface area contributed by atoms with Crippen molar-refractivity contribution < 1.29 is 9.59 Å². The maximum absolute atomic E-state index is 13.4. The molecule has 0 bridgehead atoms. The van der Waals surface area contributed by atoms with Crippen LogP contribution in [0.2, 0.25) is 0 Å². The topological polar surface area (TPSA) is 50.6 Å². The number of anilines is 2. The second kappa shape index (κ2) is 6.64. The van der Waals surface area contributed by atoms with Gasteiger partial charge >= 0.3 is 0 Å². The molecule has 0 aliphatic carbocycles. The fraction of sp³-hybridized carbons (Fsp3) is 0.0833. The van der Waals surface area contributed by atoms with Gasteiger partial charge in [-0.2, -0.15) is 0 Å². The Balaban J connectivity index is 1.59. The van der Waals surface area contributed by atoms with E-state index in [9.17, 15) is 9.59 Å². The highest BCUT2D eigenvalue weighted by molar-refractivity contribution is 7.99. The first kappa shape index (κ1) is 17.8. The van der Waals surface area contributed by atoms with Crippen molar-refractivity contribution in [3.8, 4) is 0 Å². The summed E-state index contributed by atoms with van der Waals surface area (Å²) < 4.78 is 1.86. The maximum atomic E-state index is 13.4. The van der Waals surface area contributed by atoms with Gasteiger partial charge in [-0.15, -0.1) is 0 Å². The van der Waals surface area contributed by atoms with Crippen LogP contribution in [0.5, 0.6) is 0 Å². The van der Waals surface area contributed by atoms with Crippen LogP contribution in [0.4, 0.5) is 11.4 Å². The summed E-state index contributed by atoms with van der Waals surface area (Å²) in [6, 6.07) is 21.3. The number of benzene rings is 2. The average molecular weight is 398 g/mol. The molecule has 0 saturated heterocycles. The maximum Gasteiger partial charge on any atom is 0.195 e. The van der Waals surface area contributed by atoms with Crippen LogP contribution >= 0.6 is 11.8 Å². The van der Waals surface area contributed by atoms with Gasteiger partial charge in [0.15, 0.2) is 11.6 Å². The van der Waals surface area contributed by atoms with Gasteiger partial charge in [-0.05, 0) is 55.5 Å². The van der Waals surface area contributed by atoms with Crippen molar-refractivity contribution in [1.29, 1.82) is 0 Å². The van der Waals surface area contributed by atoms with Gasteiger partial charge in [0.25, 0.3) is 0 Å². The Hall–Kier alpha value is -3.31. The van der Waals surface area contributed by atoms with Crippen molar-refractivity contribution >= 4 is 40.2 Å². The number of aromatic nitrogens is 1. The lowest BCUT2D eigenvalue weighted by Gasteiger charge is -2.21. The molecule has 1 aliphatic rings. The van der Waals surface area contributed by atoms with Crippen LogP contribution in [-0.2, 0) is 0 Å². The molecule has 0 unspecified atom stereocenters. The second-order valence-electron chi connectivity index (χ2n) is 7.15. The standard InChI is InChI=1S/C24H18N2O2S/c1-14-6-5-8-20-17(13-21(15(2)27)26(14)20)24(28)16-10-11-19-23(12-16)29-22-9-4-3-7-18(22)25-19/h3-13,25H,1-2H3. The lowest BCUT2D eigenvalue weighted by molar-refractivity contribution is 0.101. The summed E-state index contributed by atoms with van der Waals surface area (Å²) in [6.07, 6.45) is 0. The van der Waals surface area contributed by atoms with Gasteiger partial charge in [-0.1, -0.05) is 30.0 Å². The van der Waals surface area contributed by atoms with E-state index in [1.165, 1.54) is 6.92 Å². The third-order valence-corrected chi connectivity index (χ3v) is 6.34. The van der Waals surface area contributed by atoms with Crippen molar-refractivity contribution in [2.24, 2.45) is 0 Å². The number of aryl methyl sites for hydroxylation is 1. The molecule has 4 nitrogen and oxygen atoms in total. The minimum atomic E-state index is -0.0807. The molecule has 0 atom stereocenters. The molecule has 29 heavy (non-hydrogen) atoms. The molecule has 2 aromatic carbocycles. The fourth-order valence-electron chi connectivity index (χ4n) is 3.79. The number of hydrogen-bond acceptors (Lipinski definition) is 4. The van der Waals surface area contributed by atoms with E-state index >= 15 is 0 Å². The molecule has 5 heteroatoms. The van der Waals surface area contributed by atoms with E-state index in [-0.39, 0.29) is 11.6 Å². The van der Waals surface area contributed by atoms with Crippen LogP contribution in [0.15, 0.2) is 76.5 Å². The fourth-order valence-corrected chi connectivity index (χ4v) is 4.82. The molecule has 3 heterocycles. The van der Waals surface area contributed by atoms with E-state index in [1.807, 2.05) is 65.9 Å². The van der Waals surface area contributed by atoms with Crippen molar-refractivity contribution in [3.63, 3.8) is 0 Å². The van der Waals surface area contributed by atoms with Crippen molar-refractivity contribution in [1.82, 2.24) is 4.40 Å². The molecule has 0 radical (unpaired) electrons. The molecular formula is C24H18N2O2S. The summed E-state index contributed by atoms with van der Waals surface area (Å²) in [5.41, 5.74) is 5.44. The Morgan fingerprint density at radius 1 is 0.897 bits per heavy atom. The predicted molar refractivity (Wildman–Crippen MR) is 116 cm³/mol. The summed E-state index contributed by atoms with van der Waals surface area (Å²) in [5.74, 6) is -0.141. The minimum Gasteiger partial charge on any atom is -0.354 e. The number of rotatable bonds is 3. The summed E-state index contributed by atoms with van der Waals surface area (Å²) in [6.45, 7) is 3.47. The molecular weight excluding hydrogens is 380 g/mol. The van der Waals surface area contributed by atoms with Crippen LogP contribution in [0.1, 0.15) is 39.0 Å². The SMILES string of the molecule is CC(=O)c1cc(C(=O)c2ccc3c(c2)Sc2ccccc2N3)c2cccc(C)n12. The number of carbonyl (C=O) groups excluding carboxylic acids is 2. The van der Waals surface area contributed by atoms with Crippen LogP contribution in [0.3, 0.4) is 0 Å². The second-order valence-corrected chi connectivity index (χ2v) is 8.23. The normalized spacial score (nSPS) is 12.2. The summed E-state index contributed by atoms with van der Waals surface area (Å²) in [5, 5.41) is 3.42. The van der Waals surface area contributed by atoms with Gasteiger partial charge in [-0.25, -0.2) is 0 Å². The number of para-hydroxylation sites is 1. The van der Waals surface area contributed by atoms with E-state index in [1.54, 1.807) is 17.8 Å². The molecule has 1 N–H and O–H groups in total. The van der Waals surface area contributed by atoms with Gasteiger partial charge in [-0.3, -0.25) is 9.59 Å². The van der Waals surface area contributed by atoms with Gasteiger partial charge in [0.2, 0.25) is 0 Å². The zero-order valence-electron chi connectivity index (χ0n) is 16.0. The largest absolute Gasteiger partial charge is 0.354 e. The highest BCUT2D eigenvalue weighted by Gasteiger charge is 2.22. The number of ketones is 2. The number of hydrogen-bond donors (Lipinski definition) is 1. The Morgan fingerprint density at radius 3 is 2.52 bits per heavy atom. The zero-order valence-corrected chi connectivity index (χ0v) is 16.8. The van der Waals surface area contributed by atoms with Crippen LogP contribution in [-0.4, -0.2) is 16.0 Å². The van der Waals surface area contributed by atoms with Gasteiger partial charge in [0.05, 0.1) is 22.6 Å². The number of carbonyl (C=O) groups is 2. The number of nitrogens with zero attached hydrogens (tertiary/aromatic N) is 1. The summed E-state index contributed by atoms with van der Waals surface area (Å²) in [4.78, 5) is 27.7. The third-order valence-electron chi connectivity index (χ3n) is 5.21. The Morgan fingerprint density at radius 2 is 1.69 bits per heavy atom. The average Bonchev–Trinajstić information content (AvgIpc) is 3.12. The molecule has 0 fully saturated rings. The molecule has 0 spiro atoms. The zero-order chi connectivity index (χ0) is 20.1. The van der Waals surface area contributed by atoms with Crippen molar-refractivity contribution in [2.75, 3.05) is 5.32 Å². The first-order valence-corrected chi connectivity index (χ1v) is 10.2. The van der Waals surface area contributed by atoms with Crippen LogP contribution in [0.25, 0.3) is 5.52 Å². The molecule has 5 rings (SSSR count). The van der Waals surface area contributed by atoms with E-state index < -0.39 is 0 Å². The van der Waals surface area contributed by atoms with Crippen LogP contribution in [0, 0.1) is 6.92 Å². The molecule has 4 aromatic rings. The Kier molecular flexibility index (Phi) is 4.07. The molecule has 0 saturated carbocycles. The highest BCUT2D eigenvalue weighted by Crippen LogP contribution is 2.44.